The molecule has 0 radical (unpaired) electrons. The van der Waals surface area contributed by atoms with Gasteiger partial charge in [0.15, 0.2) is 5.82 Å². The third-order valence-corrected chi connectivity index (χ3v) is 8.03. The second-order valence-corrected chi connectivity index (χ2v) is 10.7. The molecular weight excluding hydrogens is 522 g/mol. The Hall–Kier alpha value is -5.80. The smallest absolute Gasteiger partial charge is 0.160 e. The summed E-state index contributed by atoms with van der Waals surface area (Å²) >= 11 is 0. The summed E-state index contributed by atoms with van der Waals surface area (Å²) in [5.74, 6) is 0.720. The Bertz CT molecular complexity index is 2140. The van der Waals surface area contributed by atoms with Crippen molar-refractivity contribution in [2.45, 2.75) is 0 Å². The SMILES string of the molecule is c1ccc(-c2ccc(-n3c4ccccc4c4cc(-c5cc(-c6ccccc6)nc(-c6ccccc6)n5)ccc43)cc2)cc1. The van der Waals surface area contributed by atoms with Crippen LogP contribution >= 0.6 is 0 Å². The molecule has 8 aromatic rings. The minimum Gasteiger partial charge on any atom is -0.309 e. The van der Waals surface area contributed by atoms with Crippen LogP contribution in [-0.2, 0) is 0 Å². The number of benzene rings is 6. The van der Waals surface area contributed by atoms with E-state index in [2.05, 4.69) is 132 Å². The Balaban J connectivity index is 1.29. The number of hydrogen-bond donors (Lipinski definition) is 0. The monoisotopic (exact) mass is 549 g/mol. The van der Waals surface area contributed by atoms with Crippen molar-refractivity contribution in [2.24, 2.45) is 0 Å². The van der Waals surface area contributed by atoms with Gasteiger partial charge < -0.3 is 4.57 Å². The quantitative estimate of drug-likeness (QED) is 0.214. The van der Waals surface area contributed by atoms with E-state index < -0.39 is 0 Å². The second kappa shape index (κ2) is 10.6. The van der Waals surface area contributed by atoms with Crippen LogP contribution in [0.25, 0.3) is 72.5 Å². The fraction of sp³-hybridized carbons (Fsp3) is 0. The molecule has 0 aliphatic rings. The van der Waals surface area contributed by atoms with Crippen LogP contribution in [0, 0.1) is 0 Å². The van der Waals surface area contributed by atoms with Crippen molar-refractivity contribution in [3.8, 4) is 50.7 Å². The van der Waals surface area contributed by atoms with Crippen molar-refractivity contribution in [1.82, 2.24) is 14.5 Å². The van der Waals surface area contributed by atoms with E-state index in [1.54, 1.807) is 0 Å². The lowest BCUT2D eigenvalue weighted by Crippen LogP contribution is -1.96. The Morgan fingerprint density at radius 2 is 0.860 bits per heavy atom. The Kier molecular flexibility index (Phi) is 6.12. The topological polar surface area (TPSA) is 30.7 Å². The van der Waals surface area contributed by atoms with E-state index in [9.17, 15) is 0 Å². The Morgan fingerprint density at radius 3 is 1.56 bits per heavy atom. The maximum Gasteiger partial charge on any atom is 0.160 e. The van der Waals surface area contributed by atoms with E-state index in [4.69, 9.17) is 9.97 Å². The number of rotatable bonds is 5. The van der Waals surface area contributed by atoms with E-state index in [1.807, 2.05) is 36.4 Å². The van der Waals surface area contributed by atoms with Gasteiger partial charge in [0.25, 0.3) is 0 Å². The molecule has 0 aliphatic heterocycles. The molecule has 0 saturated carbocycles. The van der Waals surface area contributed by atoms with E-state index in [-0.39, 0.29) is 0 Å². The molecule has 3 nitrogen and oxygen atoms in total. The van der Waals surface area contributed by atoms with Gasteiger partial charge in [-0.2, -0.15) is 0 Å². The van der Waals surface area contributed by atoms with E-state index >= 15 is 0 Å². The van der Waals surface area contributed by atoms with Crippen LogP contribution in [-0.4, -0.2) is 14.5 Å². The van der Waals surface area contributed by atoms with Gasteiger partial charge in [0, 0.05) is 33.2 Å². The first-order chi connectivity index (χ1) is 21.3. The molecule has 0 bridgehead atoms. The molecule has 6 aromatic carbocycles. The third-order valence-electron chi connectivity index (χ3n) is 8.03. The second-order valence-electron chi connectivity index (χ2n) is 10.7. The van der Waals surface area contributed by atoms with Crippen LogP contribution in [0.5, 0.6) is 0 Å². The molecule has 43 heavy (non-hydrogen) atoms. The van der Waals surface area contributed by atoms with Crippen molar-refractivity contribution in [3.05, 3.63) is 164 Å². The molecule has 0 unspecified atom stereocenters. The van der Waals surface area contributed by atoms with Crippen LogP contribution in [0.3, 0.4) is 0 Å². The number of fused-ring (bicyclic) bond motifs is 3. The summed E-state index contributed by atoms with van der Waals surface area (Å²) < 4.78 is 2.36. The van der Waals surface area contributed by atoms with Gasteiger partial charge in [-0.3, -0.25) is 0 Å². The molecule has 8 rings (SSSR count). The van der Waals surface area contributed by atoms with Crippen molar-refractivity contribution in [3.63, 3.8) is 0 Å². The summed E-state index contributed by atoms with van der Waals surface area (Å²) in [7, 11) is 0. The fourth-order valence-corrected chi connectivity index (χ4v) is 5.91. The molecule has 202 valence electrons. The number of aromatic nitrogens is 3. The van der Waals surface area contributed by atoms with Crippen LogP contribution in [0.1, 0.15) is 0 Å². The minimum atomic E-state index is 0.720. The fourth-order valence-electron chi connectivity index (χ4n) is 5.91. The number of para-hydroxylation sites is 1. The average molecular weight is 550 g/mol. The first kappa shape index (κ1) is 25.0. The van der Waals surface area contributed by atoms with Crippen molar-refractivity contribution in [2.75, 3.05) is 0 Å². The summed E-state index contributed by atoms with van der Waals surface area (Å²) in [6.07, 6.45) is 0. The number of hydrogen-bond acceptors (Lipinski definition) is 2. The van der Waals surface area contributed by atoms with Gasteiger partial charge in [0.05, 0.1) is 22.4 Å². The van der Waals surface area contributed by atoms with Crippen LogP contribution in [0.4, 0.5) is 0 Å². The number of nitrogens with zero attached hydrogens (tertiary/aromatic N) is 3. The molecule has 0 spiro atoms. The largest absolute Gasteiger partial charge is 0.309 e. The van der Waals surface area contributed by atoms with Gasteiger partial charge in [-0.05, 0) is 47.5 Å². The summed E-state index contributed by atoms with van der Waals surface area (Å²) in [5.41, 5.74) is 10.8. The van der Waals surface area contributed by atoms with Crippen LogP contribution in [0.15, 0.2) is 164 Å². The predicted molar refractivity (Wildman–Crippen MR) is 178 cm³/mol. The maximum atomic E-state index is 5.07. The van der Waals surface area contributed by atoms with Crippen molar-refractivity contribution >= 4 is 21.8 Å². The van der Waals surface area contributed by atoms with Gasteiger partial charge in [-0.15, -0.1) is 0 Å². The summed E-state index contributed by atoms with van der Waals surface area (Å²) in [5, 5.41) is 2.41. The van der Waals surface area contributed by atoms with Gasteiger partial charge in [0.2, 0.25) is 0 Å². The van der Waals surface area contributed by atoms with Crippen LogP contribution in [0.2, 0.25) is 0 Å². The van der Waals surface area contributed by atoms with Gasteiger partial charge >= 0.3 is 0 Å². The molecule has 2 heterocycles. The molecule has 2 aromatic heterocycles. The molecule has 0 aliphatic carbocycles. The van der Waals surface area contributed by atoms with Crippen molar-refractivity contribution in [1.29, 1.82) is 0 Å². The lowest BCUT2D eigenvalue weighted by Gasteiger charge is -2.11. The minimum absolute atomic E-state index is 0.720. The van der Waals surface area contributed by atoms with Gasteiger partial charge in [-0.25, -0.2) is 9.97 Å². The van der Waals surface area contributed by atoms with Gasteiger partial charge in [0.1, 0.15) is 0 Å². The molecule has 0 N–H and O–H groups in total. The van der Waals surface area contributed by atoms with E-state index in [0.717, 1.165) is 45.1 Å². The average Bonchev–Trinajstić information content (AvgIpc) is 3.43. The molecular formula is C40H27N3. The Labute approximate surface area is 250 Å². The highest BCUT2D eigenvalue weighted by Crippen LogP contribution is 2.36. The molecule has 0 fully saturated rings. The zero-order valence-electron chi connectivity index (χ0n) is 23.4. The molecule has 0 atom stereocenters. The van der Waals surface area contributed by atoms with E-state index in [1.165, 1.54) is 27.4 Å². The lowest BCUT2D eigenvalue weighted by atomic mass is 10.0. The highest BCUT2D eigenvalue weighted by Gasteiger charge is 2.15. The first-order valence-electron chi connectivity index (χ1n) is 14.5. The predicted octanol–water partition coefficient (Wildman–Crippen LogP) is 10.2. The molecule has 0 saturated heterocycles. The normalized spacial score (nSPS) is 11.3. The standard InChI is InChI=1S/C40H27N3/c1-4-12-28(13-5-1)29-20-23-33(24-21-29)43-38-19-11-10-18-34(38)35-26-32(22-25-39(35)43)37-27-36(30-14-6-2-7-15-30)41-40(42-37)31-16-8-3-9-17-31/h1-27H. The zero-order chi connectivity index (χ0) is 28.6. The van der Waals surface area contributed by atoms with Gasteiger partial charge in [-0.1, -0.05) is 127 Å². The zero-order valence-corrected chi connectivity index (χ0v) is 23.4. The summed E-state index contributed by atoms with van der Waals surface area (Å²) in [6, 6.07) is 57.3. The highest BCUT2D eigenvalue weighted by atomic mass is 15.0. The highest BCUT2D eigenvalue weighted by molar-refractivity contribution is 6.10. The van der Waals surface area contributed by atoms with Crippen molar-refractivity contribution < 1.29 is 0 Å². The lowest BCUT2D eigenvalue weighted by molar-refractivity contribution is 1.18. The summed E-state index contributed by atoms with van der Waals surface area (Å²) in [4.78, 5) is 10.0. The molecule has 0 amide bonds. The van der Waals surface area contributed by atoms with E-state index in [0.29, 0.717) is 0 Å². The maximum absolute atomic E-state index is 5.07. The Morgan fingerprint density at radius 1 is 0.349 bits per heavy atom. The third kappa shape index (κ3) is 4.58. The summed E-state index contributed by atoms with van der Waals surface area (Å²) in [6.45, 7) is 0. The van der Waals surface area contributed by atoms with Crippen LogP contribution < -0.4 is 0 Å². The first-order valence-corrected chi connectivity index (χ1v) is 14.5. The molecule has 3 heteroatoms.